The van der Waals surface area contributed by atoms with Crippen molar-refractivity contribution in [1.82, 2.24) is 5.32 Å². The van der Waals surface area contributed by atoms with Crippen LogP contribution in [0.1, 0.15) is 13.8 Å². The number of nitrogens with one attached hydrogen (secondary N) is 1. The Hall–Kier alpha value is -1.30. The minimum Gasteiger partial charge on any atom is -0.409 e. The summed E-state index contributed by atoms with van der Waals surface area (Å²) >= 11 is 0. The predicted octanol–water partition coefficient (Wildman–Crippen LogP) is -1.17. The van der Waals surface area contributed by atoms with Gasteiger partial charge in [-0.25, -0.2) is 0 Å². The lowest BCUT2D eigenvalue weighted by atomic mass is 10.0. The van der Waals surface area contributed by atoms with Crippen molar-refractivity contribution < 1.29 is 10.0 Å². The highest BCUT2D eigenvalue weighted by Crippen LogP contribution is 1.99. The molecule has 0 rings (SSSR count). The van der Waals surface area contributed by atoms with E-state index in [4.69, 9.17) is 16.7 Å². The van der Waals surface area contributed by atoms with Crippen LogP contribution in [0.25, 0.3) is 0 Å². The van der Waals surface area contributed by atoms with Gasteiger partial charge in [-0.15, -0.1) is 0 Å². The van der Waals surface area contributed by atoms with Gasteiger partial charge in [0.05, 0.1) is 12.6 Å². The lowest BCUT2D eigenvalue weighted by molar-refractivity contribution is -0.120. The molecule has 0 radical (unpaired) electrons. The molecule has 0 bridgehead atoms. The first-order valence-corrected chi connectivity index (χ1v) is 3.98. The second-order valence-corrected chi connectivity index (χ2v) is 3.10. The van der Waals surface area contributed by atoms with Gasteiger partial charge in [0, 0.05) is 0 Å². The third-order valence-electron chi connectivity index (χ3n) is 1.60. The zero-order valence-electron chi connectivity index (χ0n) is 7.82. The van der Waals surface area contributed by atoms with Crippen molar-refractivity contribution >= 4 is 11.7 Å². The van der Waals surface area contributed by atoms with E-state index >= 15 is 0 Å². The number of hydrogen-bond acceptors (Lipinski definition) is 4. The lowest BCUT2D eigenvalue weighted by Crippen LogP contribution is -2.47. The number of amidine groups is 1. The monoisotopic (exact) mass is 188 g/mol. The second kappa shape index (κ2) is 5.36. The molecule has 13 heavy (non-hydrogen) atoms. The van der Waals surface area contributed by atoms with Gasteiger partial charge in [-0.3, -0.25) is 10.1 Å². The zero-order chi connectivity index (χ0) is 10.4. The first-order valence-electron chi connectivity index (χ1n) is 3.98. The van der Waals surface area contributed by atoms with E-state index in [1.807, 2.05) is 13.8 Å². The topological polar surface area (TPSA) is 114 Å². The Balaban J connectivity index is 4.05. The summed E-state index contributed by atoms with van der Waals surface area (Å²) in [7, 11) is 0. The quantitative estimate of drug-likeness (QED) is 0.188. The van der Waals surface area contributed by atoms with Crippen LogP contribution in [-0.2, 0) is 4.79 Å². The molecule has 0 aliphatic rings. The number of carbonyl (C=O) groups is 1. The van der Waals surface area contributed by atoms with E-state index in [9.17, 15) is 4.79 Å². The third-order valence-corrected chi connectivity index (χ3v) is 1.60. The fourth-order valence-corrected chi connectivity index (χ4v) is 0.915. The summed E-state index contributed by atoms with van der Waals surface area (Å²) in [6.07, 6.45) is 0. The summed E-state index contributed by atoms with van der Waals surface area (Å²) in [5, 5.41) is 13.8. The van der Waals surface area contributed by atoms with Crippen LogP contribution in [0.2, 0.25) is 0 Å². The first-order chi connectivity index (χ1) is 5.99. The number of nitrogens with two attached hydrogens (primary N) is 2. The molecule has 0 aromatic carbocycles. The average Bonchev–Trinajstić information content (AvgIpc) is 2.03. The van der Waals surface area contributed by atoms with Crippen LogP contribution in [0.5, 0.6) is 0 Å². The van der Waals surface area contributed by atoms with Crippen LogP contribution >= 0.6 is 0 Å². The largest absolute Gasteiger partial charge is 0.409 e. The highest BCUT2D eigenvalue weighted by atomic mass is 16.4. The van der Waals surface area contributed by atoms with E-state index < -0.39 is 11.9 Å². The van der Waals surface area contributed by atoms with Crippen LogP contribution in [0, 0.1) is 5.92 Å². The maximum Gasteiger partial charge on any atom is 0.234 e. The van der Waals surface area contributed by atoms with Gasteiger partial charge in [-0.1, -0.05) is 19.0 Å². The van der Waals surface area contributed by atoms with Gasteiger partial charge in [-0.05, 0) is 5.92 Å². The number of primary amides is 1. The highest BCUT2D eigenvalue weighted by molar-refractivity contribution is 5.84. The van der Waals surface area contributed by atoms with Crippen molar-refractivity contribution in [3.05, 3.63) is 0 Å². The average molecular weight is 188 g/mol. The van der Waals surface area contributed by atoms with Gasteiger partial charge in [0.1, 0.15) is 0 Å². The Bertz CT molecular complexity index is 203. The summed E-state index contributed by atoms with van der Waals surface area (Å²) in [6.45, 7) is 3.85. The summed E-state index contributed by atoms with van der Waals surface area (Å²) in [5.74, 6) is -0.350. The van der Waals surface area contributed by atoms with Crippen molar-refractivity contribution in [3.63, 3.8) is 0 Å². The fraction of sp³-hybridized carbons (Fsp3) is 0.714. The van der Waals surface area contributed by atoms with Gasteiger partial charge in [0.15, 0.2) is 5.84 Å². The molecule has 0 fully saturated rings. The summed E-state index contributed by atoms with van der Waals surface area (Å²) in [5.41, 5.74) is 10.3. The van der Waals surface area contributed by atoms with Crippen LogP contribution in [-0.4, -0.2) is 29.5 Å². The molecule has 6 N–H and O–H groups in total. The fourth-order valence-electron chi connectivity index (χ4n) is 0.915. The predicted molar refractivity (Wildman–Crippen MR) is 49.2 cm³/mol. The van der Waals surface area contributed by atoms with Crippen molar-refractivity contribution in [2.75, 3.05) is 6.54 Å². The number of nitrogens with zero attached hydrogens (tertiary/aromatic N) is 1. The molecule has 0 heterocycles. The molecule has 0 saturated carbocycles. The van der Waals surface area contributed by atoms with Crippen LogP contribution in [0.3, 0.4) is 0 Å². The first kappa shape index (κ1) is 11.7. The Morgan fingerprint density at radius 3 is 2.38 bits per heavy atom. The molecule has 0 aromatic heterocycles. The molecule has 1 atom stereocenters. The van der Waals surface area contributed by atoms with Crippen molar-refractivity contribution in [1.29, 1.82) is 0 Å². The van der Waals surface area contributed by atoms with Crippen molar-refractivity contribution in [2.24, 2.45) is 22.5 Å². The molecule has 0 aliphatic carbocycles. The molecule has 1 unspecified atom stereocenters. The maximum atomic E-state index is 10.9. The molecular weight excluding hydrogens is 172 g/mol. The van der Waals surface area contributed by atoms with E-state index in [1.54, 1.807) is 0 Å². The number of rotatable bonds is 5. The molecule has 1 amide bonds. The smallest absolute Gasteiger partial charge is 0.234 e. The lowest BCUT2D eigenvalue weighted by Gasteiger charge is -2.18. The molecule has 0 spiro atoms. The van der Waals surface area contributed by atoms with Crippen molar-refractivity contribution in [3.8, 4) is 0 Å². The number of amides is 1. The van der Waals surface area contributed by atoms with E-state index in [-0.39, 0.29) is 18.3 Å². The second-order valence-electron chi connectivity index (χ2n) is 3.10. The SMILES string of the molecule is CC(C)C(NCC(N)=NO)C(N)=O. The molecule has 6 heteroatoms. The van der Waals surface area contributed by atoms with Gasteiger partial charge in [0.25, 0.3) is 0 Å². The number of oxime groups is 1. The molecule has 76 valence electrons. The van der Waals surface area contributed by atoms with E-state index in [1.165, 1.54) is 0 Å². The number of carbonyl (C=O) groups excluding carboxylic acids is 1. The van der Waals surface area contributed by atoms with Crippen molar-refractivity contribution in [2.45, 2.75) is 19.9 Å². The van der Waals surface area contributed by atoms with Crippen LogP contribution in [0.4, 0.5) is 0 Å². The molecule has 0 aromatic rings. The van der Waals surface area contributed by atoms with Gasteiger partial charge >= 0.3 is 0 Å². The summed E-state index contributed by atoms with van der Waals surface area (Å²) in [4.78, 5) is 10.9. The molecule has 0 aliphatic heterocycles. The summed E-state index contributed by atoms with van der Waals surface area (Å²) in [6, 6.07) is -0.458. The van der Waals surface area contributed by atoms with Gasteiger partial charge in [0.2, 0.25) is 5.91 Å². The normalized spacial score (nSPS) is 14.5. The van der Waals surface area contributed by atoms with Crippen LogP contribution < -0.4 is 16.8 Å². The molecular formula is C7H16N4O2. The van der Waals surface area contributed by atoms with E-state index in [0.717, 1.165) is 0 Å². The van der Waals surface area contributed by atoms with E-state index in [0.29, 0.717) is 0 Å². The Morgan fingerprint density at radius 1 is 1.54 bits per heavy atom. The minimum atomic E-state index is -0.458. The van der Waals surface area contributed by atoms with Gasteiger partial charge in [-0.2, -0.15) is 0 Å². The zero-order valence-corrected chi connectivity index (χ0v) is 7.82. The van der Waals surface area contributed by atoms with E-state index in [2.05, 4.69) is 10.5 Å². The standard InChI is InChI=1S/C7H16N4O2/c1-4(2)6(7(9)12)10-3-5(8)11-13/h4,6,10,13H,3H2,1-2H3,(H2,8,11)(H2,9,12). The number of hydrogen-bond donors (Lipinski definition) is 4. The summed E-state index contributed by atoms with van der Waals surface area (Å²) < 4.78 is 0. The molecule has 0 saturated heterocycles. The Kier molecular flexibility index (Phi) is 4.83. The highest BCUT2D eigenvalue weighted by Gasteiger charge is 2.18. The maximum absolute atomic E-state index is 10.9. The third kappa shape index (κ3) is 4.32. The van der Waals surface area contributed by atoms with Gasteiger partial charge < -0.3 is 16.7 Å². The molecule has 6 nitrogen and oxygen atoms in total. The van der Waals surface area contributed by atoms with Crippen LogP contribution in [0.15, 0.2) is 5.16 Å². The Labute approximate surface area is 77.0 Å². The minimum absolute atomic E-state index is 0.0203. The Morgan fingerprint density at radius 2 is 2.08 bits per heavy atom.